The molecule has 0 radical (unpaired) electrons. The SMILES string of the molecule is COC(=O)[C@@H](CC(C)C)NC(=O)C[NH+]1CC[NH+](Cc2cc(C)ccc2OC)CC1. The van der Waals surface area contributed by atoms with Crippen LogP contribution in [0.3, 0.4) is 0 Å². The molecule has 0 unspecified atom stereocenters. The number of hydrogen-bond acceptors (Lipinski definition) is 4. The Morgan fingerprint density at radius 3 is 2.34 bits per heavy atom. The van der Waals surface area contributed by atoms with Gasteiger partial charge in [-0.25, -0.2) is 4.79 Å². The van der Waals surface area contributed by atoms with E-state index >= 15 is 0 Å². The number of methoxy groups -OCH3 is 2. The predicted molar refractivity (Wildman–Crippen MR) is 111 cm³/mol. The lowest BCUT2D eigenvalue weighted by Gasteiger charge is -2.30. The van der Waals surface area contributed by atoms with Gasteiger partial charge in [0.05, 0.1) is 14.2 Å². The summed E-state index contributed by atoms with van der Waals surface area (Å²) < 4.78 is 10.3. The van der Waals surface area contributed by atoms with Gasteiger partial charge in [-0.3, -0.25) is 4.79 Å². The van der Waals surface area contributed by atoms with Crippen LogP contribution in [-0.4, -0.2) is 64.9 Å². The molecule has 1 saturated heterocycles. The monoisotopic (exact) mass is 407 g/mol. The number of hydrogen-bond donors (Lipinski definition) is 3. The van der Waals surface area contributed by atoms with E-state index in [4.69, 9.17) is 9.47 Å². The molecule has 29 heavy (non-hydrogen) atoms. The van der Waals surface area contributed by atoms with Gasteiger partial charge in [-0.2, -0.15) is 0 Å². The Kier molecular flexibility index (Phi) is 8.92. The van der Waals surface area contributed by atoms with Crippen LogP contribution in [0.4, 0.5) is 0 Å². The maximum absolute atomic E-state index is 12.5. The summed E-state index contributed by atoms with van der Waals surface area (Å²) in [7, 11) is 3.07. The smallest absolute Gasteiger partial charge is 0.328 e. The van der Waals surface area contributed by atoms with Crippen molar-refractivity contribution in [3.05, 3.63) is 29.3 Å². The Hall–Kier alpha value is -2.12. The molecule has 0 aromatic heterocycles. The van der Waals surface area contributed by atoms with Crippen LogP contribution in [0.5, 0.6) is 5.75 Å². The van der Waals surface area contributed by atoms with Crippen LogP contribution < -0.4 is 19.9 Å². The summed E-state index contributed by atoms with van der Waals surface area (Å²) in [5, 5.41) is 2.86. The molecule has 0 bridgehead atoms. The highest BCUT2D eigenvalue weighted by Gasteiger charge is 2.28. The van der Waals surface area contributed by atoms with Gasteiger partial charge in [0, 0.05) is 5.56 Å². The van der Waals surface area contributed by atoms with E-state index in [1.54, 1.807) is 7.11 Å². The first kappa shape index (κ1) is 23.2. The van der Waals surface area contributed by atoms with E-state index in [9.17, 15) is 9.59 Å². The molecule has 1 heterocycles. The molecule has 1 amide bonds. The number of nitrogens with one attached hydrogen (secondary N) is 3. The molecule has 0 aliphatic carbocycles. The van der Waals surface area contributed by atoms with Crippen LogP contribution >= 0.6 is 0 Å². The first-order valence-electron chi connectivity index (χ1n) is 10.5. The third-order valence-electron chi connectivity index (χ3n) is 5.48. The molecule has 7 nitrogen and oxygen atoms in total. The molecule has 1 fully saturated rings. The second kappa shape index (κ2) is 11.2. The van der Waals surface area contributed by atoms with Crippen molar-refractivity contribution in [1.29, 1.82) is 0 Å². The summed E-state index contributed by atoms with van der Waals surface area (Å²) in [6.45, 7) is 11.4. The molecule has 0 spiro atoms. The van der Waals surface area contributed by atoms with E-state index in [-0.39, 0.29) is 11.9 Å². The third kappa shape index (κ3) is 7.33. The zero-order valence-electron chi connectivity index (χ0n) is 18.5. The van der Waals surface area contributed by atoms with Gasteiger partial charge in [-0.05, 0) is 31.4 Å². The molecule has 162 valence electrons. The van der Waals surface area contributed by atoms with Crippen molar-refractivity contribution in [3.63, 3.8) is 0 Å². The Morgan fingerprint density at radius 1 is 1.10 bits per heavy atom. The molecular weight excluding hydrogens is 370 g/mol. The van der Waals surface area contributed by atoms with Gasteiger partial charge in [0.2, 0.25) is 0 Å². The second-order valence-corrected chi connectivity index (χ2v) is 8.44. The van der Waals surface area contributed by atoms with Crippen LogP contribution in [-0.2, 0) is 20.9 Å². The molecule has 1 aliphatic rings. The summed E-state index contributed by atoms with van der Waals surface area (Å²) in [6, 6.07) is 5.73. The fourth-order valence-electron chi connectivity index (χ4n) is 3.93. The standard InChI is InChI=1S/C22H35N3O4/c1-16(2)12-19(22(27)29-5)23-21(26)15-25-10-8-24(9-11-25)14-18-13-17(3)6-7-20(18)28-4/h6-7,13,16,19H,8-12,14-15H2,1-5H3,(H,23,26)/p+2/t19-/m1/s1. The molecule has 1 aromatic carbocycles. The molecule has 1 aromatic rings. The van der Waals surface area contributed by atoms with Crippen LogP contribution in [0.2, 0.25) is 0 Å². The van der Waals surface area contributed by atoms with E-state index < -0.39 is 6.04 Å². The summed E-state index contributed by atoms with van der Waals surface area (Å²) >= 11 is 0. The first-order valence-corrected chi connectivity index (χ1v) is 10.5. The van der Waals surface area contributed by atoms with Gasteiger partial charge in [-0.1, -0.05) is 25.5 Å². The van der Waals surface area contributed by atoms with Crippen molar-refractivity contribution < 1.29 is 28.9 Å². The number of ether oxygens (including phenoxy) is 2. The minimum absolute atomic E-state index is 0.0835. The van der Waals surface area contributed by atoms with E-state index in [2.05, 4.69) is 24.4 Å². The fraction of sp³-hybridized carbons (Fsp3) is 0.636. The van der Waals surface area contributed by atoms with Crippen molar-refractivity contribution in [2.24, 2.45) is 5.92 Å². The van der Waals surface area contributed by atoms with E-state index in [1.165, 1.54) is 28.0 Å². The molecule has 0 saturated carbocycles. The normalized spacial score (nSPS) is 20.2. The number of carbonyl (C=O) groups is 2. The number of aryl methyl sites for hydroxylation is 1. The van der Waals surface area contributed by atoms with Crippen LogP contribution in [0, 0.1) is 12.8 Å². The molecule has 1 aliphatic heterocycles. The highest BCUT2D eigenvalue weighted by molar-refractivity contribution is 5.84. The number of quaternary nitrogens is 2. The van der Waals surface area contributed by atoms with Crippen LogP contribution in [0.15, 0.2) is 18.2 Å². The van der Waals surface area contributed by atoms with Gasteiger partial charge in [0.15, 0.2) is 6.54 Å². The molecule has 7 heteroatoms. The van der Waals surface area contributed by atoms with Gasteiger partial charge in [0.25, 0.3) is 5.91 Å². The Balaban J connectivity index is 1.82. The topological polar surface area (TPSA) is 73.5 Å². The minimum Gasteiger partial charge on any atom is -0.496 e. The van der Waals surface area contributed by atoms with Crippen LogP contribution in [0.1, 0.15) is 31.4 Å². The highest BCUT2D eigenvalue weighted by atomic mass is 16.5. The number of carbonyl (C=O) groups excluding carboxylic acids is 2. The lowest BCUT2D eigenvalue weighted by Crippen LogP contribution is -3.28. The Morgan fingerprint density at radius 2 is 1.76 bits per heavy atom. The van der Waals surface area contributed by atoms with E-state index in [0.29, 0.717) is 18.9 Å². The third-order valence-corrected chi connectivity index (χ3v) is 5.48. The number of rotatable bonds is 9. The minimum atomic E-state index is -0.562. The second-order valence-electron chi connectivity index (χ2n) is 8.44. The fourth-order valence-corrected chi connectivity index (χ4v) is 3.93. The van der Waals surface area contributed by atoms with Crippen molar-refractivity contribution in [1.82, 2.24) is 5.32 Å². The van der Waals surface area contributed by atoms with E-state index in [1.807, 2.05) is 19.9 Å². The maximum Gasteiger partial charge on any atom is 0.328 e. The average molecular weight is 408 g/mol. The van der Waals surface area contributed by atoms with Crippen molar-refractivity contribution in [2.45, 2.75) is 39.8 Å². The molecule has 3 N–H and O–H groups in total. The predicted octanol–water partition coefficient (Wildman–Crippen LogP) is -1.01. The van der Waals surface area contributed by atoms with Crippen molar-refractivity contribution >= 4 is 11.9 Å². The zero-order valence-corrected chi connectivity index (χ0v) is 18.5. The highest BCUT2D eigenvalue weighted by Crippen LogP contribution is 2.18. The Labute approximate surface area is 174 Å². The molecule has 2 rings (SSSR count). The van der Waals surface area contributed by atoms with Crippen molar-refractivity contribution in [2.75, 3.05) is 46.9 Å². The number of esters is 1. The van der Waals surface area contributed by atoms with Crippen molar-refractivity contribution in [3.8, 4) is 5.75 Å². The summed E-state index contributed by atoms with van der Waals surface area (Å²) in [5.41, 5.74) is 2.47. The summed E-state index contributed by atoms with van der Waals surface area (Å²) in [4.78, 5) is 27.1. The lowest BCUT2D eigenvalue weighted by atomic mass is 10.0. The average Bonchev–Trinajstić information content (AvgIpc) is 2.68. The largest absolute Gasteiger partial charge is 0.496 e. The number of amides is 1. The number of benzene rings is 1. The Bertz CT molecular complexity index is 685. The number of piperazine rings is 1. The maximum atomic E-state index is 12.5. The zero-order chi connectivity index (χ0) is 21.4. The quantitative estimate of drug-likeness (QED) is 0.459. The van der Waals surface area contributed by atoms with Gasteiger partial charge in [-0.15, -0.1) is 0 Å². The van der Waals surface area contributed by atoms with Gasteiger partial charge in [0.1, 0.15) is 44.5 Å². The summed E-state index contributed by atoms with van der Waals surface area (Å²) in [5.74, 6) is 0.789. The lowest BCUT2D eigenvalue weighted by molar-refractivity contribution is -1.02. The first-order chi connectivity index (χ1) is 13.8. The summed E-state index contributed by atoms with van der Waals surface area (Å²) in [6.07, 6.45) is 0.587. The van der Waals surface area contributed by atoms with Gasteiger partial charge >= 0.3 is 5.97 Å². The molecule has 1 atom stereocenters. The molecular formula is C22H37N3O4+2. The van der Waals surface area contributed by atoms with Crippen LogP contribution in [0.25, 0.3) is 0 Å². The van der Waals surface area contributed by atoms with E-state index in [0.717, 1.165) is 38.5 Å². The van der Waals surface area contributed by atoms with Gasteiger partial charge < -0.3 is 24.6 Å².